The first kappa shape index (κ1) is 20.5. The molecule has 5 nitrogen and oxygen atoms in total. The second kappa shape index (κ2) is 12.1. The molecule has 0 saturated heterocycles. The van der Waals surface area contributed by atoms with Crippen molar-refractivity contribution in [3.8, 4) is 18.1 Å². The number of nitrogens with zero attached hydrogens (tertiary/aromatic N) is 1. The van der Waals surface area contributed by atoms with E-state index in [-0.39, 0.29) is 24.0 Å². The summed E-state index contributed by atoms with van der Waals surface area (Å²) < 4.78 is 10.8. The minimum Gasteiger partial charge on any atom is -0.491 e. The SMILES string of the molecule is C#CCNC(=NC)NCc1ccc(C)cc1OCCOC.I. The molecule has 122 valence electrons. The van der Waals surface area contributed by atoms with Gasteiger partial charge in [-0.2, -0.15) is 0 Å². The molecule has 0 aromatic heterocycles. The van der Waals surface area contributed by atoms with Gasteiger partial charge >= 0.3 is 0 Å². The van der Waals surface area contributed by atoms with Crippen LogP contribution in [0.5, 0.6) is 5.75 Å². The van der Waals surface area contributed by atoms with Crippen LogP contribution in [0.25, 0.3) is 0 Å². The Bertz CT molecular complexity index is 513. The van der Waals surface area contributed by atoms with E-state index in [1.807, 2.05) is 19.1 Å². The van der Waals surface area contributed by atoms with Crippen LogP contribution in [0.1, 0.15) is 11.1 Å². The molecule has 0 atom stereocenters. The Kier molecular flexibility index (Phi) is 11.3. The molecule has 22 heavy (non-hydrogen) atoms. The van der Waals surface area contributed by atoms with Crippen LogP contribution in [0.15, 0.2) is 23.2 Å². The fourth-order valence-electron chi connectivity index (χ4n) is 1.71. The highest BCUT2D eigenvalue weighted by molar-refractivity contribution is 14.0. The number of benzene rings is 1. The molecule has 0 spiro atoms. The van der Waals surface area contributed by atoms with Gasteiger partial charge in [-0.25, -0.2) is 0 Å². The summed E-state index contributed by atoms with van der Waals surface area (Å²) in [5.74, 6) is 4.03. The molecule has 0 fully saturated rings. The van der Waals surface area contributed by atoms with Crippen LogP contribution in [0.2, 0.25) is 0 Å². The lowest BCUT2D eigenvalue weighted by Crippen LogP contribution is -2.37. The van der Waals surface area contributed by atoms with Crippen molar-refractivity contribution in [3.63, 3.8) is 0 Å². The maximum Gasteiger partial charge on any atom is 0.192 e. The third-order valence-corrected chi connectivity index (χ3v) is 2.80. The van der Waals surface area contributed by atoms with E-state index in [9.17, 15) is 0 Å². The highest BCUT2D eigenvalue weighted by Gasteiger charge is 2.05. The molecule has 6 heteroatoms. The Balaban J connectivity index is 0.00000441. The summed E-state index contributed by atoms with van der Waals surface area (Å²) in [7, 11) is 3.36. The molecule has 0 aliphatic rings. The number of halogens is 1. The number of aryl methyl sites for hydroxylation is 1. The summed E-state index contributed by atoms with van der Waals surface area (Å²) in [6.45, 7) is 4.16. The zero-order chi connectivity index (χ0) is 15.5. The van der Waals surface area contributed by atoms with Gasteiger partial charge in [-0.3, -0.25) is 4.99 Å². The van der Waals surface area contributed by atoms with Crippen molar-refractivity contribution in [2.45, 2.75) is 13.5 Å². The van der Waals surface area contributed by atoms with Crippen molar-refractivity contribution < 1.29 is 9.47 Å². The number of nitrogens with one attached hydrogen (secondary N) is 2. The normalized spacial score (nSPS) is 10.4. The van der Waals surface area contributed by atoms with Gasteiger partial charge in [0.1, 0.15) is 12.4 Å². The molecule has 0 heterocycles. The second-order valence-electron chi connectivity index (χ2n) is 4.44. The molecule has 1 rings (SSSR count). The van der Waals surface area contributed by atoms with Gasteiger partial charge in [0.2, 0.25) is 0 Å². The molecule has 1 aromatic carbocycles. The molecular weight excluding hydrogens is 393 g/mol. The van der Waals surface area contributed by atoms with Crippen LogP contribution < -0.4 is 15.4 Å². The summed E-state index contributed by atoms with van der Waals surface area (Å²) in [6.07, 6.45) is 5.22. The van der Waals surface area contributed by atoms with Crippen molar-refractivity contribution in [2.75, 3.05) is 33.9 Å². The lowest BCUT2D eigenvalue weighted by molar-refractivity contribution is 0.145. The van der Waals surface area contributed by atoms with Gasteiger partial charge in [0.25, 0.3) is 0 Å². The zero-order valence-electron chi connectivity index (χ0n) is 13.3. The standard InChI is InChI=1S/C16H23N3O2.HI/c1-5-8-18-16(17-3)19-12-14-7-6-13(2)11-15(14)21-10-9-20-4;/h1,6-7,11H,8-10,12H2,2-4H3,(H2,17,18,19);1H. The molecule has 0 radical (unpaired) electrons. The van der Waals surface area contributed by atoms with Gasteiger partial charge in [-0.05, 0) is 18.6 Å². The number of ether oxygens (including phenoxy) is 2. The van der Waals surface area contributed by atoms with Crippen molar-refractivity contribution in [1.29, 1.82) is 0 Å². The van der Waals surface area contributed by atoms with Crippen molar-refractivity contribution in [1.82, 2.24) is 10.6 Å². The summed E-state index contributed by atoms with van der Waals surface area (Å²) in [5, 5.41) is 6.22. The van der Waals surface area contributed by atoms with Crippen molar-refractivity contribution in [2.24, 2.45) is 4.99 Å². The average molecular weight is 417 g/mol. The number of hydrogen-bond acceptors (Lipinski definition) is 3. The molecule has 2 N–H and O–H groups in total. The first-order chi connectivity index (χ1) is 10.2. The number of guanidine groups is 1. The first-order valence-electron chi connectivity index (χ1n) is 6.80. The van der Waals surface area contributed by atoms with Crippen LogP contribution in [-0.4, -0.2) is 39.9 Å². The number of aliphatic imine (C=N–C) groups is 1. The Labute approximate surface area is 149 Å². The molecule has 0 saturated carbocycles. The fourth-order valence-corrected chi connectivity index (χ4v) is 1.71. The highest BCUT2D eigenvalue weighted by Crippen LogP contribution is 2.20. The molecule has 0 amide bonds. The molecule has 0 unspecified atom stereocenters. The lowest BCUT2D eigenvalue weighted by Gasteiger charge is -2.14. The van der Waals surface area contributed by atoms with Gasteiger partial charge in [-0.15, -0.1) is 30.4 Å². The maximum atomic E-state index is 5.75. The minimum atomic E-state index is 0. The minimum absolute atomic E-state index is 0. The monoisotopic (exact) mass is 417 g/mol. The van der Waals surface area contributed by atoms with Gasteiger partial charge in [0.15, 0.2) is 5.96 Å². The van der Waals surface area contributed by atoms with E-state index in [0.717, 1.165) is 16.9 Å². The maximum absolute atomic E-state index is 5.75. The Morgan fingerprint density at radius 2 is 2.09 bits per heavy atom. The lowest BCUT2D eigenvalue weighted by atomic mass is 10.1. The Morgan fingerprint density at radius 1 is 1.32 bits per heavy atom. The van der Waals surface area contributed by atoms with E-state index in [4.69, 9.17) is 15.9 Å². The van der Waals surface area contributed by atoms with Crippen LogP contribution in [0.4, 0.5) is 0 Å². The van der Waals surface area contributed by atoms with Crippen LogP contribution in [0.3, 0.4) is 0 Å². The Hall–Kier alpha value is -1.46. The number of rotatable bonds is 7. The van der Waals surface area contributed by atoms with E-state index in [0.29, 0.717) is 32.3 Å². The van der Waals surface area contributed by atoms with Crippen molar-refractivity contribution >= 4 is 29.9 Å². The number of terminal acetylenes is 1. The molecular formula is C16H24IN3O2. The molecule has 0 aliphatic carbocycles. The first-order valence-corrected chi connectivity index (χ1v) is 6.80. The van der Waals surface area contributed by atoms with Gasteiger partial charge < -0.3 is 20.1 Å². The second-order valence-corrected chi connectivity index (χ2v) is 4.44. The predicted octanol–water partition coefficient (Wildman–Crippen LogP) is 1.94. The smallest absolute Gasteiger partial charge is 0.192 e. The predicted molar refractivity (Wildman–Crippen MR) is 101 cm³/mol. The van der Waals surface area contributed by atoms with Crippen LogP contribution >= 0.6 is 24.0 Å². The largest absolute Gasteiger partial charge is 0.491 e. The Morgan fingerprint density at radius 3 is 2.73 bits per heavy atom. The molecule has 0 aliphatic heterocycles. The summed E-state index contributed by atoms with van der Waals surface area (Å²) >= 11 is 0. The van der Waals surface area contributed by atoms with Gasteiger partial charge in [0, 0.05) is 26.3 Å². The third-order valence-electron chi connectivity index (χ3n) is 2.80. The topological polar surface area (TPSA) is 54.9 Å². The average Bonchev–Trinajstić information content (AvgIpc) is 2.49. The van der Waals surface area contributed by atoms with E-state index in [1.54, 1.807) is 14.2 Å². The van der Waals surface area contributed by atoms with Gasteiger partial charge in [0.05, 0.1) is 13.2 Å². The third kappa shape index (κ3) is 7.52. The van der Waals surface area contributed by atoms with Crippen molar-refractivity contribution in [3.05, 3.63) is 29.3 Å². The van der Waals surface area contributed by atoms with Crippen LogP contribution in [-0.2, 0) is 11.3 Å². The summed E-state index contributed by atoms with van der Waals surface area (Å²) in [4.78, 5) is 4.10. The molecule has 0 bridgehead atoms. The van der Waals surface area contributed by atoms with E-state index < -0.39 is 0 Å². The van der Waals surface area contributed by atoms with E-state index in [2.05, 4.69) is 27.6 Å². The molecule has 1 aromatic rings. The number of hydrogen-bond donors (Lipinski definition) is 2. The van der Waals surface area contributed by atoms with E-state index in [1.165, 1.54) is 0 Å². The highest BCUT2D eigenvalue weighted by atomic mass is 127. The van der Waals surface area contributed by atoms with Gasteiger partial charge in [-0.1, -0.05) is 18.1 Å². The zero-order valence-corrected chi connectivity index (χ0v) is 15.6. The summed E-state index contributed by atoms with van der Waals surface area (Å²) in [6, 6.07) is 6.11. The fraction of sp³-hybridized carbons (Fsp3) is 0.438. The quantitative estimate of drug-likeness (QED) is 0.234. The summed E-state index contributed by atoms with van der Waals surface area (Å²) in [5.41, 5.74) is 2.21. The van der Waals surface area contributed by atoms with Crippen LogP contribution in [0, 0.1) is 19.3 Å². The van der Waals surface area contributed by atoms with E-state index >= 15 is 0 Å². The number of methoxy groups -OCH3 is 1.